The van der Waals surface area contributed by atoms with Crippen LogP contribution in [0.1, 0.15) is 25.3 Å². The first kappa shape index (κ1) is 14.7. The Morgan fingerprint density at radius 2 is 2.20 bits per heavy atom. The summed E-state index contributed by atoms with van der Waals surface area (Å²) < 4.78 is 5.13. The normalized spacial score (nSPS) is 17.2. The lowest BCUT2D eigenvalue weighted by atomic mass is 9.97. The van der Waals surface area contributed by atoms with Crippen molar-refractivity contribution in [3.8, 4) is 5.75 Å². The van der Waals surface area contributed by atoms with Gasteiger partial charge in [-0.15, -0.1) is 0 Å². The van der Waals surface area contributed by atoms with Crippen LogP contribution in [0.25, 0.3) is 0 Å². The van der Waals surface area contributed by atoms with E-state index in [2.05, 4.69) is 10.6 Å². The Labute approximate surface area is 119 Å². The Hall–Kier alpha value is -1.75. The summed E-state index contributed by atoms with van der Waals surface area (Å²) in [6, 6.07) is 5.18. The molecule has 1 aromatic rings. The van der Waals surface area contributed by atoms with E-state index in [4.69, 9.17) is 4.74 Å². The second-order valence-corrected chi connectivity index (χ2v) is 5.61. The van der Waals surface area contributed by atoms with Crippen molar-refractivity contribution < 1.29 is 14.6 Å². The molecule has 1 fully saturated rings. The average Bonchev–Trinajstić information content (AvgIpc) is 3.25. The molecule has 1 saturated carbocycles. The number of nitrogens with one attached hydrogen (secondary N) is 2. The third-order valence-corrected chi connectivity index (χ3v) is 3.89. The number of amides is 2. The minimum absolute atomic E-state index is 0.0489. The van der Waals surface area contributed by atoms with Crippen LogP contribution >= 0.6 is 0 Å². The molecule has 0 radical (unpaired) electrons. The van der Waals surface area contributed by atoms with Crippen molar-refractivity contribution in [2.75, 3.05) is 19.0 Å². The van der Waals surface area contributed by atoms with Crippen LogP contribution in [0, 0.1) is 12.8 Å². The van der Waals surface area contributed by atoms with Crippen molar-refractivity contribution in [2.24, 2.45) is 5.92 Å². The van der Waals surface area contributed by atoms with Gasteiger partial charge in [0.1, 0.15) is 5.75 Å². The number of carbonyl (C=O) groups is 1. The van der Waals surface area contributed by atoms with Gasteiger partial charge in [-0.05, 0) is 56.4 Å². The van der Waals surface area contributed by atoms with Crippen molar-refractivity contribution in [2.45, 2.75) is 32.2 Å². The van der Waals surface area contributed by atoms with Crippen LogP contribution < -0.4 is 15.4 Å². The number of aliphatic hydroxyl groups is 1. The summed E-state index contributed by atoms with van der Waals surface area (Å²) in [5.41, 5.74) is 1.13. The molecule has 5 heteroatoms. The lowest BCUT2D eigenvalue weighted by molar-refractivity contribution is 0.159. The zero-order valence-corrected chi connectivity index (χ0v) is 12.2. The van der Waals surface area contributed by atoms with Crippen LogP contribution in [-0.4, -0.2) is 30.4 Å². The number of aliphatic hydroxyl groups excluding tert-OH is 1. The van der Waals surface area contributed by atoms with Crippen LogP contribution in [-0.2, 0) is 0 Å². The summed E-state index contributed by atoms with van der Waals surface area (Å²) in [5, 5.41) is 15.2. The van der Waals surface area contributed by atoms with E-state index < -0.39 is 5.54 Å². The number of methoxy groups -OCH3 is 1. The van der Waals surface area contributed by atoms with Gasteiger partial charge in [0.2, 0.25) is 0 Å². The summed E-state index contributed by atoms with van der Waals surface area (Å²) >= 11 is 0. The summed E-state index contributed by atoms with van der Waals surface area (Å²) in [4.78, 5) is 12.1. The van der Waals surface area contributed by atoms with Crippen LogP contribution in [0.5, 0.6) is 5.75 Å². The molecule has 2 rings (SSSR count). The number of ether oxygens (including phenoxy) is 1. The fraction of sp³-hybridized carbons (Fsp3) is 0.533. The number of benzene rings is 1. The maximum Gasteiger partial charge on any atom is 0.319 e. The molecule has 5 nitrogen and oxygen atoms in total. The van der Waals surface area contributed by atoms with Crippen molar-refractivity contribution >= 4 is 11.7 Å². The van der Waals surface area contributed by atoms with Crippen molar-refractivity contribution in [1.82, 2.24) is 5.32 Å². The predicted molar refractivity (Wildman–Crippen MR) is 78.1 cm³/mol. The minimum atomic E-state index is -0.537. The Balaban J connectivity index is 2.00. The fourth-order valence-electron chi connectivity index (χ4n) is 2.31. The highest BCUT2D eigenvalue weighted by Crippen LogP contribution is 2.39. The number of aryl methyl sites for hydroxylation is 1. The zero-order valence-electron chi connectivity index (χ0n) is 12.2. The Morgan fingerprint density at radius 1 is 1.50 bits per heavy atom. The Kier molecular flexibility index (Phi) is 4.18. The summed E-state index contributed by atoms with van der Waals surface area (Å²) in [6.45, 7) is 3.74. The number of carbonyl (C=O) groups excluding carboxylic acids is 1. The van der Waals surface area contributed by atoms with E-state index in [0.717, 1.165) is 29.8 Å². The van der Waals surface area contributed by atoms with E-state index in [1.807, 2.05) is 19.9 Å². The summed E-state index contributed by atoms with van der Waals surface area (Å²) in [5.74, 6) is 1.13. The van der Waals surface area contributed by atoms with Crippen LogP contribution in [0.4, 0.5) is 10.5 Å². The second-order valence-electron chi connectivity index (χ2n) is 5.61. The lowest BCUT2D eigenvalue weighted by Gasteiger charge is -2.29. The van der Waals surface area contributed by atoms with E-state index >= 15 is 0 Å². The molecule has 0 aliphatic heterocycles. The zero-order chi connectivity index (χ0) is 14.8. The third-order valence-electron chi connectivity index (χ3n) is 3.89. The average molecular weight is 278 g/mol. The van der Waals surface area contributed by atoms with Gasteiger partial charge in [0.15, 0.2) is 0 Å². The van der Waals surface area contributed by atoms with Gasteiger partial charge in [-0.25, -0.2) is 4.79 Å². The molecule has 20 heavy (non-hydrogen) atoms. The van der Waals surface area contributed by atoms with Crippen molar-refractivity contribution in [3.05, 3.63) is 23.8 Å². The first-order valence-corrected chi connectivity index (χ1v) is 6.83. The number of rotatable bonds is 5. The standard InChI is InChI=1S/C15H22N2O3/c1-10-8-12(20-3)6-7-13(10)16-14(19)17-15(2,9-18)11-4-5-11/h6-8,11,18H,4-5,9H2,1-3H3,(H2,16,17,19). The fourth-order valence-corrected chi connectivity index (χ4v) is 2.31. The van der Waals surface area contributed by atoms with Crippen LogP contribution in [0.3, 0.4) is 0 Å². The van der Waals surface area contributed by atoms with Crippen LogP contribution in [0.15, 0.2) is 18.2 Å². The molecule has 0 bridgehead atoms. The maximum atomic E-state index is 12.1. The molecule has 0 heterocycles. The molecule has 0 saturated heterocycles. The van der Waals surface area contributed by atoms with Gasteiger partial charge in [0, 0.05) is 5.69 Å². The molecule has 0 aromatic heterocycles. The molecule has 0 spiro atoms. The van der Waals surface area contributed by atoms with E-state index in [-0.39, 0.29) is 12.6 Å². The molecular weight excluding hydrogens is 256 g/mol. The van der Waals surface area contributed by atoms with E-state index in [9.17, 15) is 9.90 Å². The Bertz CT molecular complexity index is 500. The quantitative estimate of drug-likeness (QED) is 0.774. The number of urea groups is 1. The number of hydrogen-bond acceptors (Lipinski definition) is 3. The highest BCUT2D eigenvalue weighted by Gasteiger charge is 2.42. The maximum absolute atomic E-state index is 12.1. The van der Waals surface area contributed by atoms with Crippen molar-refractivity contribution in [3.63, 3.8) is 0 Å². The monoisotopic (exact) mass is 278 g/mol. The summed E-state index contributed by atoms with van der Waals surface area (Å²) in [6.07, 6.45) is 2.11. The van der Waals surface area contributed by atoms with Gasteiger partial charge in [0.05, 0.1) is 19.3 Å². The van der Waals surface area contributed by atoms with Gasteiger partial charge in [0.25, 0.3) is 0 Å². The molecule has 1 atom stereocenters. The molecule has 1 aliphatic rings. The van der Waals surface area contributed by atoms with Gasteiger partial charge >= 0.3 is 6.03 Å². The first-order chi connectivity index (χ1) is 9.48. The molecular formula is C15H22N2O3. The highest BCUT2D eigenvalue weighted by molar-refractivity contribution is 5.90. The molecule has 110 valence electrons. The minimum Gasteiger partial charge on any atom is -0.497 e. The third kappa shape index (κ3) is 3.22. The van der Waals surface area contributed by atoms with E-state index in [1.54, 1.807) is 19.2 Å². The van der Waals surface area contributed by atoms with Crippen molar-refractivity contribution in [1.29, 1.82) is 0 Å². The molecule has 3 N–H and O–H groups in total. The number of anilines is 1. The predicted octanol–water partition coefficient (Wildman–Crippen LogP) is 2.29. The van der Waals surface area contributed by atoms with Crippen LogP contribution in [0.2, 0.25) is 0 Å². The summed E-state index contributed by atoms with van der Waals surface area (Å²) in [7, 11) is 1.61. The van der Waals surface area contributed by atoms with Gasteiger partial charge < -0.3 is 20.5 Å². The SMILES string of the molecule is COc1ccc(NC(=O)NC(C)(CO)C2CC2)c(C)c1. The lowest BCUT2D eigenvalue weighted by Crippen LogP contribution is -2.52. The van der Waals surface area contributed by atoms with E-state index in [1.165, 1.54) is 0 Å². The Morgan fingerprint density at radius 3 is 2.70 bits per heavy atom. The molecule has 1 aliphatic carbocycles. The topological polar surface area (TPSA) is 70.6 Å². The van der Waals surface area contributed by atoms with Gasteiger partial charge in [-0.1, -0.05) is 0 Å². The first-order valence-electron chi connectivity index (χ1n) is 6.83. The smallest absolute Gasteiger partial charge is 0.319 e. The molecule has 1 unspecified atom stereocenters. The highest BCUT2D eigenvalue weighted by atomic mass is 16.5. The van der Waals surface area contributed by atoms with E-state index in [0.29, 0.717) is 5.92 Å². The largest absolute Gasteiger partial charge is 0.497 e. The molecule has 2 amide bonds. The second kappa shape index (κ2) is 5.71. The molecule has 1 aromatic carbocycles. The van der Waals surface area contributed by atoms with Gasteiger partial charge in [-0.3, -0.25) is 0 Å². The number of hydrogen-bond donors (Lipinski definition) is 3. The van der Waals surface area contributed by atoms with Gasteiger partial charge in [-0.2, -0.15) is 0 Å².